The van der Waals surface area contributed by atoms with Crippen molar-refractivity contribution in [3.05, 3.63) is 47.5 Å². The van der Waals surface area contributed by atoms with E-state index in [9.17, 15) is 9.59 Å². The summed E-state index contributed by atoms with van der Waals surface area (Å²) in [7, 11) is 1.50. The molecule has 0 bridgehead atoms. The molecule has 0 unspecified atom stereocenters. The third-order valence-electron chi connectivity index (χ3n) is 3.96. The van der Waals surface area contributed by atoms with Crippen LogP contribution < -0.4 is 25.8 Å². The third kappa shape index (κ3) is 5.64. The third-order valence-corrected chi connectivity index (χ3v) is 3.96. The van der Waals surface area contributed by atoms with E-state index in [1.807, 2.05) is 32.0 Å². The molecule has 2 aromatic carbocycles. The zero-order valence-corrected chi connectivity index (χ0v) is 16.0. The summed E-state index contributed by atoms with van der Waals surface area (Å²) in [6.45, 7) is 5.41. The van der Waals surface area contributed by atoms with Crippen LogP contribution in [0.4, 0.5) is 11.4 Å². The fourth-order valence-corrected chi connectivity index (χ4v) is 2.46. The zero-order valence-electron chi connectivity index (χ0n) is 16.0. The molecular formula is C20H25N3O4. The van der Waals surface area contributed by atoms with Crippen molar-refractivity contribution in [2.75, 3.05) is 24.4 Å². The van der Waals surface area contributed by atoms with Gasteiger partial charge >= 0.3 is 0 Å². The number of methoxy groups -OCH3 is 1. The number of anilines is 2. The standard InChI is InChI=1S/C20H25N3O4/c1-12-5-6-13(2)16(9-12)23-20(25)14(3)22-15-7-8-17(26-4)18(10-15)27-11-19(21)24/h5-10,14,22H,11H2,1-4H3,(H2,21,24)(H,23,25)/t14-/m0/s1. The second kappa shape index (κ2) is 8.93. The first kappa shape index (κ1) is 20.1. The predicted molar refractivity (Wildman–Crippen MR) is 105 cm³/mol. The highest BCUT2D eigenvalue weighted by molar-refractivity contribution is 5.97. The lowest BCUT2D eigenvalue weighted by atomic mass is 10.1. The van der Waals surface area contributed by atoms with Crippen LogP contribution in [0, 0.1) is 13.8 Å². The Morgan fingerprint density at radius 1 is 1.11 bits per heavy atom. The molecule has 0 saturated heterocycles. The second-order valence-electron chi connectivity index (χ2n) is 6.29. The average Bonchev–Trinajstić information content (AvgIpc) is 2.63. The van der Waals surface area contributed by atoms with Crippen molar-refractivity contribution in [1.82, 2.24) is 0 Å². The first-order chi connectivity index (χ1) is 12.8. The molecule has 2 aromatic rings. The van der Waals surface area contributed by atoms with Gasteiger partial charge in [-0.3, -0.25) is 9.59 Å². The molecule has 27 heavy (non-hydrogen) atoms. The van der Waals surface area contributed by atoms with Crippen LogP contribution >= 0.6 is 0 Å². The highest BCUT2D eigenvalue weighted by Gasteiger charge is 2.15. The number of primary amides is 1. The Morgan fingerprint density at radius 3 is 2.52 bits per heavy atom. The molecule has 0 heterocycles. The van der Waals surface area contributed by atoms with Crippen molar-refractivity contribution >= 4 is 23.2 Å². The molecule has 0 aliphatic heterocycles. The normalized spacial score (nSPS) is 11.4. The second-order valence-corrected chi connectivity index (χ2v) is 6.29. The van der Waals surface area contributed by atoms with Gasteiger partial charge in [0.05, 0.1) is 7.11 Å². The van der Waals surface area contributed by atoms with Crippen LogP contribution in [0.15, 0.2) is 36.4 Å². The summed E-state index contributed by atoms with van der Waals surface area (Å²) in [6, 6.07) is 10.5. The number of nitrogens with two attached hydrogens (primary N) is 1. The van der Waals surface area contributed by atoms with E-state index < -0.39 is 11.9 Å². The van der Waals surface area contributed by atoms with Gasteiger partial charge in [0.25, 0.3) is 5.91 Å². The minimum absolute atomic E-state index is 0.167. The molecule has 0 radical (unpaired) electrons. The largest absolute Gasteiger partial charge is 0.493 e. The monoisotopic (exact) mass is 371 g/mol. The van der Waals surface area contributed by atoms with E-state index >= 15 is 0 Å². The average molecular weight is 371 g/mol. The van der Waals surface area contributed by atoms with Crippen LogP contribution in [-0.4, -0.2) is 31.6 Å². The number of nitrogens with one attached hydrogen (secondary N) is 2. The first-order valence-corrected chi connectivity index (χ1v) is 8.54. The van der Waals surface area contributed by atoms with E-state index in [2.05, 4.69) is 10.6 Å². The molecule has 0 spiro atoms. The Kier molecular flexibility index (Phi) is 6.65. The molecular weight excluding hydrogens is 346 g/mol. The SMILES string of the molecule is COc1ccc(N[C@@H](C)C(=O)Nc2cc(C)ccc2C)cc1OCC(N)=O. The van der Waals surface area contributed by atoms with Crippen LogP contribution in [0.2, 0.25) is 0 Å². The molecule has 1 atom stereocenters. The van der Waals surface area contributed by atoms with Gasteiger partial charge in [-0.2, -0.15) is 0 Å². The molecule has 0 saturated carbocycles. The summed E-state index contributed by atoms with van der Waals surface area (Å²) >= 11 is 0. The van der Waals surface area contributed by atoms with Gasteiger partial charge in [0.2, 0.25) is 5.91 Å². The van der Waals surface area contributed by atoms with Gasteiger partial charge in [0.1, 0.15) is 6.04 Å². The van der Waals surface area contributed by atoms with Gasteiger partial charge in [-0.1, -0.05) is 12.1 Å². The number of carbonyl (C=O) groups is 2. The van der Waals surface area contributed by atoms with Crippen molar-refractivity contribution in [3.63, 3.8) is 0 Å². The van der Waals surface area contributed by atoms with Gasteiger partial charge in [0, 0.05) is 17.4 Å². The highest BCUT2D eigenvalue weighted by Crippen LogP contribution is 2.30. The van der Waals surface area contributed by atoms with Gasteiger partial charge < -0.3 is 25.8 Å². The molecule has 0 fully saturated rings. The maximum atomic E-state index is 12.5. The summed E-state index contributed by atoms with van der Waals surface area (Å²) in [6.07, 6.45) is 0. The molecule has 0 aliphatic carbocycles. The number of hydrogen-bond acceptors (Lipinski definition) is 5. The van der Waals surface area contributed by atoms with Crippen LogP contribution in [0.5, 0.6) is 11.5 Å². The van der Waals surface area contributed by atoms with Crippen LogP contribution in [0.3, 0.4) is 0 Å². The fourth-order valence-electron chi connectivity index (χ4n) is 2.46. The smallest absolute Gasteiger partial charge is 0.255 e. The minimum Gasteiger partial charge on any atom is -0.493 e. The van der Waals surface area contributed by atoms with E-state index in [0.717, 1.165) is 16.8 Å². The van der Waals surface area contributed by atoms with Gasteiger partial charge in [0.15, 0.2) is 18.1 Å². The summed E-state index contributed by atoms with van der Waals surface area (Å²) in [4.78, 5) is 23.4. The van der Waals surface area contributed by atoms with Crippen molar-refractivity contribution in [3.8, 4) is 11.5 Å². The Hall–Kier alpha value is -3.22. The fraction of sp³-hybridized carbons (Fsp3) is 0.300. The Labute approximate surface area is 158 Å². The van der Waals surface area contributed by atoms with E-state index in [1.54, 1.807) is 25.1 Å². The van der Waals surface area contributed by atoms with Gasteiger partial charge in [-0.05, 0) is 50.1 Å². The number of ether oxygens (including phenoxy) is 2. The summed E-state index contributed by atoms with van der Waals surface area (Å²) < 4.78 is 10.6. The summed E-state index contributed by atoms with van der Waals surface area (Å²) in [5, 5.41) is 6.04. The number of benzene rings is 2. The molecule has 2 rings (SSSR count). The molecule has 4 N–H and O–H groups in total. The minimum atomic E-state index is -0.586. The number of rotatable bonds is 8. The lowest BCUT2D eigenvalue weighted by Crippen LogP contribution is -2.32. The summed E-state index contributed by atoms with van der Waals surface area (Å²) in [5.41, 5.74) is 8.62. The summed E-state index contributed by atoms with van der Waals surface area (Å²) in [5.74, 6) is 0.0773. The lowest BCUT2D eigenvalue weighted by Gasteiger charge is -2.18. The highest BCUT2D eigenvalue weighted by atomic mass is 16.5. The Balaban J connectivity index is 2.08. The molecule has 7 heteroatoms. The van der Waals surface area contributed by atoms with Crippen LogP contribution in [-0.2, 0) is 9.59 Å². The number of amides is 2. The van der Waals surface area contributed by atoms with Crippen LogP contribution in [0.1, 0.15) is 18.1 Å². The lowest BCUT2D eigenvalue weighted by molar-refractivity contribution is -0.120. The van der Waals surface area contributed by atoms with E-state index in [-0.39, 0.29) is 12.5 Å². The quantitative estimate of drug-likeness (QED) is 0.662. The van der Waals surface area contributed by atoms with Crippen molar-refractivity contribution < 1.29 is 19.1 Å². The van der Waals surface area contributed by atoms with E-state index in [4.69, 9.17) is 15.2 Å². The molecule has 0 aliphatic rings. The van der Waals surface area contributed by atoms with Crippen molar-refractivity contribution in [1.29, 1.82) is 0 Å². The predicted octanol–water partition coefficient (Wildman–Crippen LogP) is 2.62. The molecule has 0 aromatic heterocycles. The van der Waals surface area contributed by atoms with E-state index in [0.29, 0.717) is 17.2 Å². The number of hydrogen-bond donors (Lipinski definition) is 3. The number of aryl methyl sites for hydroxylation is 2. The molecule has 7 nitrogen and oxygen atoms in total. The number of carbonyl (C=O) groups excluding carboxylic acids is 2. The van der Waals surface area contributed by atoms with Gasteiger partial charge in [-0.25, -0.2) is 0 Å². The zero-order chi connectivity index (χ0) is 20.0. The van der Waals surface area contributed by atoms with E-state index in [1.165, 1.54) is 7.11 Å². The first-order valence-electron chi connectivity index (χ1n) is 8.54. The Morgan fingerprint density at radius 2 is 1.85 bits per heavy atom. The maximum Gasteiger partial charge on any atom is 0.255 e. The van der Waals surface area contributed by atoms with Crippen molar-refractivity contribution in [2.45, 2.75) is 26.8 Å². The Bertz CT molecular complexity index is 836. The molecule has 144 valence electrons. The van der Waals surface area contributed by atoms with Crippen molar-refractivity contribution in [2.24, 2.45) is 5.73 Å². The van der Waals surface area contributed by atoms with Crippen LogP contribution in [0.25, 0.3) is 0 Å². The molecule has 2 amide bonds. The topological polar surface area (TPSA) is 103 Å². The maximum absolute atomic E-state index is 12.5. The van der Waals surface area contributed by atoms with Gasteiger partial charge in [-0.15, -0.1) is 0 Å².